The minimum atomic E-state index is -0.377. The summed E-state index contributed by atoms with van der Waals surface area (Å²) in [6.07, 6.45) is 3.82. The van der Waals surface area contributed by atoms with E-state index >= 15 is 0 Å². The number of carbonyl (C=O) groups excluding carboxylic acids is 2. The van der Waals surface area contributed by atoms with Crippen LogP contribution in [0.5, 0.6) is 0 Å². The fraction of sp³-hybridized carbons (Fsp3) is 0.867. The van der Waals surface area contributed by atoms with Crippen molar-refractivity contribution in [2.24, 2.45) is 5.41 Å². The molecule has 6 nitrogen and oxygen atoms in total. The molecule has 6 heteroatoms. The van der Waals surface area contributed by atoms with Crippen LogP contribution >= 0.6 is 0 Å². The maximum absolute atomic E-state index is 12.9. The number of hydrogen-bond acceptors (Lipinski definition) is 4. The van der Waals surface area contributed by atoms with Crippen molar-refractivity contribution in [1.29, 1.82) is 0 Å². The van der Waals surface area contributed by atoms with Crippen LogP contribution in [-0.4, -0.2) is 74.1 Å². The van der Waals surface area contributed by atoms with Gasteiger partial charge < -0.3 is 19.9 Å². The molecular formula is C15H25N3O3. The van der Waals surface area contributed by atoms with E-state index in [1.54, 1.807) is 12.0 Å². The van der Waals surface area contributed by atoms with E-state index in [2.05, 4.69) is 5.32 Å². The normalized spacial score (nSPS) is 30.0. The number of hydrogen-bond donors (Lipinski definition) is 1. The van der Waals surface area contributed by atoms with Gasteiger partial charge in [0.2, 0.25) is 11.8 Å². The van der Waals surface area contributed by atoms with Crippen LogP contribution in [0.25, 0.3) is 0 Å². The molecule has 0 aromatic heterocycles. The molecule has 1 aliphatic carbocycles. The van der Waals surface area contributed by atoms with Crippen LogP contribution in [0.2, 0.25) is 0 Å². The van der Waals surface area contributed by atoms with E-state index in [1.807, 2.05) is 4.90 Å². The molecule has 118 valence electrons. The summed E-state index contributed by atoms with van der Waals surface area (Å²) in [6.45, 7) is 3.78. The molecule has 1 unspecified atom stereocenters. The number of amides is 2. The van der Waals surface area contributed by atoms with Crippen molar-refractivity contribution in [3.63, 3.8) is 0 Å². The van der Waals surface area contributed by atoms with Gasteiger partial charge in [-0.25, -0.2) is 0 Å². The summed E-state index contributed by atoms with van der Waals surface area (Å²) in [5, 5.41) is 3.29. The molecule has 2 amide bonds. The molecule has 21 heavy (non-hydrogen) atoms. The zero-order valence-electron chi connectivity index (χ0n) is 12.8. The molecule has 3 rings (SSSR count). The molecular weight excluding hydrogens is 270 g/mol. The smallest absolute Gasteiger partial charge is 0.242 e. The molecule has 2 aliphatic heterocycles. The number of carbonyl (C=O) groups is 2. The van der Waals surface area contributed by atoms with E-state index in [-0.39, 0.29) is 23.8 Å². The molecule has 0 radical (unpaired) electrons. The maximum Gasteiger partial charge on any atom is 0.242 e. The summed E-state index contributed by atoms with van der Waals surface area (Å²) in [5.41, 5.74) is -0.377. The van der Waals surface area contributed by atoms with Crippen LogP contribution in [0.15, 0.2) is 0 Å². The third-order valence-electron chi connectivity index (χ3n) is 5.01. The van der Waals surface area contributed by atoms with Gasteiger partial charge in [-0.2, -0.15) is 0 Å². The number of nitrogens with zero attached hydrogens (tertiary/aromatic N) is 2. The average molecular weight is 295 g/mol. The fourth-order valence-corrected chi connectivity index (χ4v) is 3.51. The summed E-state index contributed by atoms with van der Waals surface area (Å²) in [7, 11) is 1.67. The molecule has 1 N–H and O–H groups in total. The molecule has 1 atom stereocenters. The first kappa shape index (κ1) is 14.8. The maximum atomic E-state index is 12.9. The molecule has 3 fully saturated rings. The van der Waals surface area contributed by atoms with Gasteiger partial charge in [0, 0.05) is 39.4 Å². The number of rotatable bonds is 5. The van der Waals surface area contributed by atoms with E-state index in [0.717, 1.165) is 32.2 Å². The first-order valence-corrected chi connectivity index (χ1v) is 7.95. The molecule has 2 heterocycles. The average Bonchev–Trinajstić information content (AvgIpc) is 3.22. The minimum Gasteiger partial charge on any atom is -0.385 e. The van der Waals surface area contributed by atoms with Crippen molar-refractivity contribution in [2.75, 3.05) is 46.4 Å². The standard InChI is InChI=1S/C15H25N3O3/c1-21-9-5-15(4-6-16-11-15)14(20)17-7-8-18(12-2-3-12)13(19)10-17/h12,16H,2-11H2,1H3. The summed E-state index contributed by atoms with van der Waals surface area (Å²) in [5.74, 6) is 0.248. The molecule has 1 saturated carbocycles. The third kappa shape index (κ3) is 2.92. The largest absolute Gasteiger partial charge is 0.385 e. The Morgan fingerprint density at radius 1 is 1.43 bits per heavy atom. The molecule has 0 aromatic rings. The van der Waals surface area contributed by atoms with Crippen LogP contribution in [-0.2, 0) is 14.3 Å². The van der Waals surface area contributed by atoms with Crippen LogP contribution in [0.3, 0.4) is 0 Å². The van der Waals surface area contributed by atoms with E-state index in [4.69, 9.17) is 4.74 Å². The summed E-state index contributed by atoms with van der Waals surface area (Å²) in [4.78, 5) is 28.9. The van der Waals surface area contributed by atoms with Gasteiger partial charge in [-0.15, -0.1) is 0 Å². The lowest BCUT2D eigenvalue weighted by Crippen LogP contribution is -2.56. The Morgan fingerprint density at radius 3 is 2.81 bits per heavy atom. The molecule has 0 bridgehead atoms. The summed E-state index contributed by atoms with van der Waals surface area (Å²) < 4.78 is 5.17. The number of piperazine rings is 1. The van der Waals surface area contributed by atoms with E-state index in [1.165, 1.54) is 0 Å². The SMILES string of the molecule is COCCC1(C(=O)N2CCN(C3CC3)C(=O)C2)CCNC1. The summed E-state index contributed by atoms with van der Waals surface area (Å²) >= 11 is 0. The van der Waals surface area contributed by atoms with Gasteiger partial charge >= 0.3 is 0 Å². The van der Waals surface area contributed by atoms with Gasteiger partial charge in [0.05, 0.1) is 12.0 Å². The number of methoxy groups -OCH3 is 1. The second kappa shape index (κ2) is 5.93. The predicted octanol–water partition coefficient (Wildman–Crippen LogP) is -0.164. The van der Waals surface area contributed by atoms with Crippen molar-refractivity contribution in [2.45, 2.75) is 31.7 Å². The number of nitrogens with one attached hydrogen (secondary N) is 1. The second-order valence-electron chi connectivity index (χ2n) is 6.49. The second-order valence-corrected chi connectivity index (χ2v) is 6.49. The highest BCUT2D eigenvalue weighted by atomic mass is 16.5. The number of ether oxygens (including phenoxy) is 1. The van der Waals surface area contributed by atoms with Gasteiger partial charge in [0.15, 0.2) is 0 Å². The van der Waals surface area contributed by atoms with Crippen LogP contribution < -0.4 is 5.32 Å². The van der Waals surface area contributed by atoms with Gasteiger partial charge in [-0.1, -0.05) is 0 Å². The minimum absolute atomic E-state index is 0.116. The van der Waals surface area contributed by atoms with Crippen molar-refractivity contribution in [3.05, 3.63) is 0 Å². The van der Waals surface area contributed by atoms with E-state index in [0.29, 0.717) is 32.3 Å². The highest BCUT2D eigenvalue weighted by molar-refractivity contribution is 5.89. The Morgan fingerprint density at radius 2 is 2.24 bits per heavy atom. The van der Waals surface area contributed by atoms with E-state index in [9.17, 15) is 9.59 Å². The lowest BCUT2D eigenvalue weighted by molar-refractivity contribution is -0.152. The van der Waals surface area contributed by atoms with Crippen molar-refractivity contribution < 1.29 is 14.3 Å². The first-order chi connectivity index (χ1) is 10.2. The van der Waals surface area contributed by atoms with Gasteiger partial charge in [-0.05, 0) is 32.2 Å². The highest BCUT2D eigenvalue weighted by Gasteiger charge is 2.45. The Labute approximate surface area is 125 Å². The first-order valence-electron chi connectivity index (χ1n) is 7.95. The summed E-state index contributed by atoms with van der Waals surface area (Å²) in [6, 6.07) is 0.449. The molecule has 0 spiro atoms. The lowest BCUT2D eigenvalue weighted by Gasteiger charge is -2.39. The quantitative estimate of drug-likeness (QED) is 0.765. The van der Waals surface area contributed by atoms with Crippen LogP contribution in [0.4, 0.5) is 0 Å². The van der Waals surface area contributed by atoms with Crippen LogP contribution in [0, 0.1) is 5.41 Å². The Hall–Kier alpha value is -1.14. The molecule has 3 aliphatic rings. The van der Waals surface area contributed by atoms with Gasteiger partial charge in [-0.3, -0.25) is 9.59 Å². The Kier molecular flexibility index (Phi) is 4.17. The van der Waals surface area contributed by atoms with Crippen molar-refractivity contribution in [3.8, 4) is 0 Å². The third-order valence-corrected chi connectivity index (χ3v) is 5.01. The zero-order chi connectivity index (χ0) is 14.9. The van der Waals surface area contributed by atoms with Crippen molar-refractivity contribution >= 4 is 11.8 Å². The molecule has 0 aromatic carbocycles. The monoisotopic (exact) mass is 295 g/mol. The molecule has 2 saturated heterocycles. The highest BCUT2D eigenvalue weighted by Crippen LogP contribution is 2.34. The Bertz CT molecular complexity index is 416. The predicted molar refractivity (Wildman–Crippen MR) is 77.7 cm³/mol. The van der Waals surface area contributed by atoms with Gasteiger partial charge in [0.1, 0.15) is 0 Å². The van der Waals surface area contributed by atoms with Crippen LogP contribution in [0.1, 0.15) is 25.7 Å². The Balaban J connectivity index is 1.64. The van der Waals surface area contributed by atoms with Gasteiger partial charge in [0.25, 0.3) is 0 Å². The lowest BCUT2D eigenvalue weighted by atomic mass is 9.82. The van der Waals surface area contributed by atoms with E-state index < -0.39 is 0 Å². The topological polar surface area (TPSA) is 61.9 Å². The zero-order valence-corrected chi connectivity index (χ0v) is 12.8. The fourth-order valence-electron chi connectivity index (χ4n) is 3.51. The van der Waals surface area contributed by atoms with Crippen molar-refractivity contribution in [1.82, 2.24) is 15.1 Å².